The van der Waals surface area contributed by atoms with Gasteiger partial charge in [0.2, 0.25) is 0 Å². The summed E-state index contributed by atoms with van der Waals surface area (Å²) in [4.78, 5) is 19.1. The molecule has 0 atom stereocenters. The molecule has 2 heterocycles. The standard InChI is InChI=1S/C34H36N6O2/c1-33(2,3)40(30-20-19-29(35)25-36-30)32(41)42-24-23-39-31(21-22-37-39)38-34(26-13-7-4-8-14-26,27-15-9-5-10-16-27)28-17-11-6-12-18-28/h4-22,25,38H,23-24,35H2,1-3H3. The van der Waals surface area contributed by atoms with Gasteiger partial charge < -0.3 is 15.8 Å². The van der Waals surface area contributed by atoms with Gasteiger partial charge in [-0.05, 0) is 49.6 Å². The fourth-order valence-corrected chi connectivity index (χ4v) is 5.11. The van der Waals surface area contributed by atoms with Crippen molar-refractivity contribution < 1.29 is 9.53 Å². The number of rotatable bonds is 9. The number of benzene rings is 3. The third kappa shape index (κ3) is 5.98. The molecule has 0 aliphatic heterocycles. The first-order valence-electron chi connectivity index (χ1n) is 13.9. The highest BCUT2D eigenvalue weighted by molar-refractivity contribution is 5.88. The van der Waals surface area contributed by atoms with E-state index in [-0.39, 0.29) is 6.61 Å². The normalized spacial score (nSPS) is 11.6. The highest BCUT2D eigenvalue weighted by atomic mass is 16.6. The minimum atomic E-state index is -0.706. The summed E-state index contributed by atoms with van der Waals surface area (Å²) in [5, 5.41) is 8.40. The van der Waals surface area contributed by atoms with Gasteiger partial charge in [-0.15, -0.1) is 0 Å². The molecule has 8 nitrogen and oxygen atoms in total. The van der Waals surface area contributed by atoms with Crippen molar-refractivity contribution in [3.63, 3.8) is 0 Å². The quantitative estimate of drug-likeness (QED) is 0.195. The summed E-state index contributed by atoms with van der Waals surface area (Å²) < 4.78 is 7.57. The summed E-state index contributed by atoms with van der Waals surface area (Å²) in [5.41, 5.74) is 8.31. The van der Waals surface area contributed by atoms with Crippen molar-refractivity contribution in [1.82, 2.24) is 14.8 Å². The Morgan fingerprint density at radius 2 is 1.38 bits per heavy atom. The van der Waals surface area contributed by atoms with Crippen molar-refractivity contribution in [2.24, 2.45) is 0 Å². The molecule has 0 saturated heterocycles. The number of hydrogen-bond donors (Lipinski definition) is 2. The molecule has 1 amide bonds. The monoisotopic (exact) mass is 560 g/mol. The van der Waals surface area contributed by atoms with Crippen molar-refractivity contribution in [2.45, 2.75) is 38.4 Å². The van der Waals surface area contributed by atoms with Crippen molar-refractivity contribution in [3.8, 4) is 0 Å². The number of nitrogens with two attached hydrogens (primary N) is 1. The Hall–Kier alpha value is -5.11. The van der Waals surface area contributed by atoms with Crippen LogP contribution in [0.15, 0.2) is 122 Å². The van der Waals surface area contributed by atoms with Crippen molar-refractivity contribution in [1.29, 1.82) is 0 Å². The average Bonchev–Trinajstić information content (AvgIpc) is 3.44. The second kappa shape index (κ2) is 12.2. The van der Waals surface area contributed by atoms with Gasteiger partial charge in [0.1, 0.15) is 23.8 Å². The molecule has 3 aromatic carbocycles. The van der Waals surface area contributed by atoms with Crippen LogP contribution in [0.2, 0.25) is 0 Å². The summed E-state index contributed by atoms with van der Waals surface area (Å²) in [6, 6.07) is 36.5. The predicted molar refractivity (Wildman–Crippen MR) is 167 cm³/mol. The molecule has 5 rings (SSSR count). The van der Waals surface area contributed by atoms with Gasteiger partial charge in [0.15, 0.2) is 0 Å². The SMILES string of the molecule is CC(C)(C)N(C(=O)OCCn1nccc1NC(c1ccccc1)(c1ccccc1)c1ccccc1)c1ccc(N)cn1. The van der Waals surface area contributed by atoms with E-state index in [1.807, 2.05) is 86.1 Å². The molecular weight excluding hydrogens is 524 g/mol. The molecule has 0 unspecified atom stereocenters. The van der Waals surface area contributed by atoms with Crippen LogP contribution in [0, 0.1) is 0 Å². The van der Waals surface area contributed by atoms with Crippen LogP contribution >= 0.6 is 0 Å². The van der Waals surface area contributed by atoms with E-state index in [4.69, 9.17) is 10.5 Å². The van der Waals surface area contributed by atoms with E-state index in [1.54, 1.807) is 18.3 Å². The van der Waals surface area contributed by atoms with Crippen LogP contribution in [0.4, 0.5) is 22.1 Å². The summed E-state index contributed by atoms with van der Waals surface area (Å²) >= 11 is 0. The van der Waals surface area contributed by atoms with Gasteiger partial charge in [0.25, 0.3) is 0 Å². The van der Waals surface area contributed by atoms with Crippen LogP contribution in [0.3, 0.4) is 0 Å². The zero-order chi connectivity index (χ0) is 29.6. The van der Waals surface area contributed by atoms with Crippen LogP contribution in [0.1, 0.15) is 37.5 Å². The zero-order valence-electron chi connectivity index (χ0n) is 24.1. The van der Waals surface area contributed by atoms with Gasteiger partial charge in [0, 0.05) is 11.6 Å². The molecule has 8 heteroatoms. The van der Waals surface area contributed by atoms with Crippen molar-refractivity contribution >= 4 is 23.4 Å². The lowest BCUT2D eigenvalue weighted by atomic mass is 9.77. The molecule has 0 fully saturated rings. The highest BCUT2D eigenvalue weighted by Gasteiger charge is 2.37. The third-order valence-electron chi connectivity index (χ3n) is 7.03. The summed E-state index contributed by atoms with van der Waals surface area (Å²) in [6.45, 7) is 6.25. The fraction of sp³-hybridized carbons (Fsp3) is 0.206. The number of nitrogen functional groups attached to an aromatic ring is 1. The Kier molecular flexibility index (Phi) is 8.24. The summed E-state index contributed by atoms with van der Waals surface area (Å²) in [7, 11) is 0. The second-order valence-electron chi connectivity index (χ2n) is 11.0. The van der Waals surface area contributed by atoms with Crippen LogP contribution in [-0.2, 0) is 16.8 Å². The maximum atomic E-state index is 13.3. The van der Waals surface area contributed by atoms with Crippen LogP contribution < -0.4 is 16.0 Å². The Labute approximate surface area is 246 Å². The molecule has 0 radical (unpaired) electrons. The number of aromatic nitrogens is 3. The van der Waals surface area contributed by atoms with Gasteiger partial charge in [-0.1, -0.05) is 91.0 Å². The Morgan fingerprint density at radius 1 is 0.833 bits per heavy atom. The van der Waals surface area contributed by atoms with E-state index in [0.717, 1.165) is 22.5 Å². The van der Waals surface area contributed by atoms with E-state index < -0.39 is 17.2 Å². The van der Waals surface area contributed by atoms with Crippen LogP contribution in [0.5, 0.6) is 0 Å². The van der Waals surface area contributed by atoms with Gasteiger partial charge in [0.05, 0.1) is 24.6 Å². The molecule has 0 bridgehead atoms. The molecule has 5 aromatic rings. The third-order valence-corrected chi connectivity index (χ3v) is 7.03. The van der Waals surface area contributed by atoms with Gasteiger partial charge in [-0.2, -0.15) is 5.10 Å². The number of amides is 1. The minimum absolute atomic E-state index is 0.117. The first-order valence-corrected chi connectivity index (χ1v) is 13.9. The van der Waals surface area contributed by atoms with E-state index in [9.17, 15) is 4.79 Å². The number of carbonyl (C=O) groups excluding carboxylic acids is 1. The van der Waals surface area contributed by atoms with Crippen molar-refractivity contribution in [3.05, 3.63) is 138 Å². The largest absolute Gasteiger partial charge is 0.447 e. The number of ether oxygens (including phenoxy) is 1. The lowest BCUT2D eigenvalue weighted by molar-refractivity contribution is 0.142. The molecular formula is C34H36N6O2. The van der Waals surface area contributed by atoms with E-state index in [1.165, 1.54) is 11.1 Å². The molecule has 0 spiro atoms. The Balaban J connectivity index is 1.42. The summed E-state index contributed by atoms with van der Waals surface area (Å²) in [6.07, 6.45) is 2.78. The second-order valence-corrected chi connectivity index (χ2v) is 11.0. The van der Waals surface area contributed by atoms with Crippen LogP contribution in [0.25, 0.3) is 0 Å². The lowest BCUT2D eigenvalue weighted by Crippen LogP contribution is -2.47. The predicted octanol–water partition coefficient (Wildman–Crippen LogP) is 6.71. The minimum Gasteiger partial charge on any atom is -0.447 e. The molecule has 42 heavy (non-hydrogen) atoms. The molecule has 3 N–H and O–H groups in total. The maximum Gasteiger partial charge on any atom is 0.416 e. The smallest absolute Gasteiger partial charge is 0.416 e. The Bertz CT molecular complexity index is 1480. The van der Waals surface area contributed by atoms with E-state index in [2.05, 4.69) is 51.8 Å². The van der Waals surface area contributed by atoms with E-state index >= 15 is 0 Å². The summed E-state index contributed by atoms with van der Waals surface area (Å²) in [5.74, 6) is 1.26. The number of hydrogen-bond acceptors (Lipinski definition) is 6. The highest BCUT2D eigenvalue weighted by Crippen LogP contribution is 2.40. The first kappa shape index (κ1) is 28.4. The molecule has 214 valence electrons. The first-order chi connectivity index (χ1) is 20.3. The lowest BCUT2D eigenvalue weighted by Gasteiger charge is -2.37. The topological polar surface area (TPSA) is 98.3 Å². The number of anilines is 3. The van der Waals surface area contributed by atoms with E-state index in [0.29, 0.717) is 18.1 Å². The Morgan fingerprint density at radius 3 is 1.86 bits per heavy atom. The maximum absolute atomic E-state index is 13.3. The number of pyridine rings is 1. The average molecular weight is 561 g/mol. The molecule has 0 saturated carbocycles. The fourth-order valence-electron chi connectivity index (χ4n) is 5.11. The number of nitrogens with one attached hydrogen (secondary N) is 1. The van der Waals surface area contributed by atoms with Gasteiger partial charge >= 0.3 is 6.09 Å². The van der Waals surface area contributed by atoms with Gasteiger partial charge in [-0.3, -0.25) is 4.90 Å². The van der Waals surface area contributed by atoms with Crippen molar-refractivity contribution in [2.75, 3.05) is 22.6 Å². The molecule has 0 aliphatic carbocycles. The number of nitrogens with zero attached hydrogens (tertiary/aromatic N) is 4. The molecule has 0 aliphatic rings. The van der Waals surface area contributed by atoms with Crippen LogP contribution in [-0.4, -0.2) is 33.0 Å². The zero-order valence-corrected chi connectivity index (χ0v) is 24.1. The molecule has 2 aromatic heterocycles. The van der Waals surface area contributed by atoms with Gasteiger partial charge in [-0.25, -0.2) is 14.5 Å². The number of carbonyl (C=O) groups is 1.